The Balaban J connectivity index is 2.30. The number of hydrogen-bond acceptors (Lipinski definition) is 4. The molecule has 18 heavy (non-hydrogen) atoms. The molecule has 98 valence electrons. The Morgan fingerprint density at radius 3 is 2.17 bits per heavy atom. The lowest BCUT2D eigenvalue weighted by molar-refractivity contribution is 0.00578. The third kappa shape index (κ3) is 2.31. The van der Waals surface area contributed by atoms with E-state index in [1.54, 1.807) is 11.8 Å². The van der Waals surface area contributed by atoms with Gasteiger partial charge in [0.25, 0.3) is 0 Å². The molecule has 0 atom stereocenters. The number of hydrogen-bond donors (Lipinski definition) is 0. The van der Waals surface area contributed by atoms with E-state index in [-0.39, 0.29) is 18.3 Å². The maximum Gasteiger partial charge on any atom is 0.496 e. The summed E-state index contributed by atoms with van der Waals surface area (Å²) in [6, 6.07) is 2.07. The van der Waals surface area contributed by atoms with Crippen LogP contribution >= 0.6 is 11.8 Å². The fourth-order valence-corrected chi connectivity index (χ4v) is 2.32. The molecule has 2 heterocycles. The van der Waals surface area contributed by atoms with Gasteiger partial charge in [0.2, 0.25) is 0 Å². The zero-order valence-corrected chi connectivity index (χ0v) is 12.7. The molecule has 0 unspecified atom stereocenters. The summed E-state index contributed by atoms with van der Waals surface area (Å²) < 4.78 is 12.1. The molecule has 1 fully saturated rings. The Morgan fingerprint density at radius 2 is 1.72 bits per heavy atom. The van der Waals surface area contributed by atoms with Crippen LogP contribution < -0.4 is 5.46 Å². The quantitative estimate of drug-likeness (QED) is 0.607. The Hall–Kier alpha value is -0.515. The molecule has 0 aromatic carbocycles. The van der Waals surface area contributed by atoms with Crippen molar-refractivity contribution < 1.29 is 9.31 Å². The molecule has 1 aliphatic rings. The van der Waals surface area contributed by atoms with Gasteiger partial charge in [0.05, 0.1) is 16.2 Å². The Kier molecular flexibility index (Phi) is 3.51. The molecule has 0 spiro atoms. The lowest BCUT2D eigenvalue weighted by atomic mass is 9.77. The van der Waals surface area contributed by atoms with Crippen LogP contribution in [0.1, 0.15) is 33.3 Å². The van der Waals surface area contributed by atoms with Crippen LogP contribution in [0.3, 0.4) is 0 Å². The van der Waals surface area contributed by atoms with Gasteiger partial charge >= 0.3 is 7.12 Å². The molecule has 0 saturated carbocycles. The molecule has 0 N–H and O–H groups in total. The van der Waals surface area contributed by atoms with E-state index in [1.165, 1.54) is 0 Å². The summed E-state index contributed by atoms with van der Waals surface area (Å²) in [5.41, 5.74) is 1.57. The minimum atomic E-state index is -0.321. The molecule has 1 saturated heterocycles. The molecule has 1 aromatic rings. The van der Waals surface area contributed by atoms with Crippen LogP contribution in [0.2, 0.25) is 0 Å². The molecular weight excluding hydrogens is 245 g/mol. The van der Waals surface area contributed by atoms with Crippen molar-refractivity contribution in [2.24, 2.45) is 0 Å². The minimum absolute atomic E-state index is 0.303. The highest BCUT2D eigenvalue weighted by atomic mass is 32.2. The molecule has 0 bridgehead atoms. The number of thioether (sulfide) groups is 1. The summed E-state index contributed by atoms with van der Waals surface area (Å²) in [6.07, 6.45) is 3.89. The average Bonchev–Trinajstić information content (AvgIpc) is 2.47. The topological polar surface area (TPSA) is 31.4 Å². The monoisotopic (exact) mass is 265 g/mol. The first-order chi connectivity index (χ1) is 8.27. The largest absolute Gasteiger partial charge is 0.496 e. The van der Waals surface area contributed by atoms with E-state index in [2.05, 4.69) is 45.7 Å². The fourth-order valence-electron chi connectivity index (χ4n) is 1.87. The first kappa shape index (κ1) is 13.9. The van der Waals surface area contributed by atoms with Crippen molar-refractivity contribution in [2.75, 3.05) is 6.26 Å². The van der Waals surface area contributed by atoms with Crippen molar-refractivity contribution in [3.63, 3.8) is 0 Å². The summed E-state index contributed by atoms with van der Waals surface area (Å²) in [4.78, 5) is 4.40. The number of rotatable bonds is 2. The van der Waals surface area contributed by atoms with E-state index in [9.17, 15) is 0 Å². The first-order valence-corrected chi connectivity index (χ1v) is 7.35. The van der Waals surface area contributed by atoms with Gasteiger partial charge in [-0.15, -0.1) is 11.8 Å². The van der Waals surface area contributed by atoms with Crippen LogP contribution in [0.25, 0.3) is 0 Å². The molecule has 3 nitrogen and oxygen atoms in total. The van der Waals surface area contributed by atoms with Crippen molar-refractivity contribution in [3.8, 4) is 0 Å². The van der Waals surface area contributed by atoms with Crippen molar-refractivity contribution in [1.29, 1.82) is 0 Å². The molecule has 0 radical (unpaired) electrons. The Morgan fingerprint density at radius 1 is 1.17 bits per heavy atom. The minimum Gasteiger partial charge on any atom is -0.399 e. The van der Waals surface area contributed by atoms with Gasteiger partial charge in [0.1, 0.15) is 0 Å². The number of aryl methyl sites for hydroxylation is 1. The Labute approximate surface area is 114 Å². The van der Waals surface area contributed by atoms with Gasteiger partial charge < -0.3 is 9.31 Å². The molecule has 0 aliphatic carbocycles. The van der Waals surface area contributed by atoms with Crippen molar-refractivity contribution in [2.45, 2.75) is 50.8 Å². The van der Waals surface area contributed by atoms with Crippen molar-refractivity contribution >= 4 is 24.3 Å². The van der Waals surface area contributed by atoms with E-state index in [4.69, 9.17) is 9.31 Å². The highest BCUT2D eigenvalue weighted by molar-refractivity contribution is 7.98. The Bertz CT molecular complexity index is 446. The van der Waals surface area contributed by atoms with Gasteiger partial charge in [-0.2, -0.15) is 0 Å². The predicted octanol–water partition coefficient (Wildman–Crippen LogP) is 2.41. The number of pyridine rings is 1. The van der Waals surface area contributed by atoms with Gasteiger partial charge in [-0.1, -0.05) is 0 Å². The summed E-state index contributed by atoms with van der Waals surface area (Å²) in [5.74, 6) is 0. The SMILES string of the molecule is CSc1cc(C)c(B2OC(C)(C)C(C)(C)O2)cn1. The predicted molar refractivity (Wildman–Crippen MR) is 76.5 cm³/mol. The van der Waals surface area contributed by atoms with E-state index >= 15 is 0 Å². The number of nitrogens with zero attached hydrogens (tertiary/aromatic N) is 1. The van der Waals surface area contributed by atoms with Gasteiger partial charge in [-0.05, 0) is 52.5 Å². The summed E-state index contributed by atoms with van der Waals surface area (Å²) in [6.45, 7) is 10.3. The van der Waals surface area contributed by atoms with Crippen molar-refractivity contribution in [3.05, 3.63) is 17.8 Å². The van der Waals surface area contributed by atoms with Gasteiger partial charge in [0.15, 0.2) is 0 Å². The lowest BCUT2D eigenvalue weighted by Crippen LogP contribution is -2.41. The highest BCUT2D eigenvalue weighted by Gasteiger charge is 2.52. The summed E-state index contributed by atoms with van der Waals surface area (Å²) in [7, 11) is -0.321. The van der Waals surface area contributed by atoms with Crippen LogP contribution in [0.4, 0.5) is 0 Å². The molecule has 1 aliphatic heterocycles. The zero-order chi connectivity index (χ0) is 13.6. The second-order valence-corrected chi connectivity index (χ2v) is 6.50. The van der Waals surface area contributed by atoms with Gasteiger partial charge in [-0.25, -0.2) is 0 Å². The lowest BCUT2D eigenvalue weighted by Gasteiger charge is -2.32. The molecular formula is C13H20BNO2S. The van der Waals surface area contributed by atoms with Crippen LogP contribution in [-0.4, -0.2) is 29.6 Å². The van der Waals surface area contributed by atoms with Crippen LogP contribution in [0.5, 0.6) is 0 Å². The van der Waals surface area contributed by atoms with Crippen LogP contribution in [-0.2, 0) is 9.31 Å². The number of aromatic nitrogens is 1. The molecule has 5 heteroatoms. The smallest absolute Gasteiger partial charge is 0.399 e. The molecule has 1 aromatic heterocycles. The normalized spacial score (nSPS) is 21.3. The maximum atomic E-state index is 6.04. The zero-order valence-electron chi connectivity index (χ0n) is 11.9. The second-order valence-electron chi connectivity index (χ2n) is 5.67. The van der Waals surface area contributed by atoms with E-state index in [1.807, 2.05) is 12.5 Å². The maximum absolute atomic E-state index is 6.04. The van der Waals surface area contributed by atoms with E-state index in [0.717, 1.165) is 16.1 Å². The first-order valence-electron chi connectivity index (χ1n) is 6.13. The van der Waals surface area contributed by atoms with Gasteiger partial charge in [0, 0.05) is 11.7 Å². The highest BCUT2D eigenvalue weighted by Crippen LogP contribution is 2.36. The van der Waals surface area contributed by atoms with Crippen molar-refractivity contribution in [1.82, 2.24) is 4.98 Å². The van der Waals surface area contributed by atoms with E-state index in [0.29, 0.717) is 0 Å². The summed E-state index contributed by atoms with van der Waals surface area (Å²) >= 11 is 1.64. The van der Waals surface area contributed by atoms with Crippen LogP contribution in [0, 0.1) is 6.92 Å². The fraction of sp³-hybridized carbons (Fsp3) is 0.615. The standard InChI is InChI=1S/C13H20BNO2S/c1-9-7-11(18-6)15-8-10(9)14-16-12(2,3)13(4,5)17-14/h7-8H,1-6H3. The molecule has 2 rings (SSSR count). The van der Waals surface area contributed by atoms with Crippen LogP contribution in [0.15, 0.2) is 17.3 Å². The third-order valence-corrected chi connectivity index (χ3v) is 4.48. The second kappa shape index (κ2) is 4.55. The average molecular weight is 265 g/mol. The van der Waals surface area contributed by atoms with E-state index < -0.39 is 0 Å². The molecule has 0 amide bonds. The van der Waals surface area contributed by atoms with Gasteiger partial charge in [-0.3, -0.25) is 4.98 Å². The summed E-state index contributed by atoms with van der Waals surface area (Å²) in [5, 5.41) is 1.02. The third-order valence-electron chi connectivity index (χ3n) is 3.84.